The minimum atomic E-state index is -3.87. The topological polar surface area (TPSA) is 140 Å². The van der Waals surface area contributed by atoms with Gasteiger partial charge in [0.15, 0.2) is 0 Å². The van der Waals surface area contributed by atoms with Crippen molar-refractivity contribution in [2.24, 2.45) is 0 Å². The van der Waals surface area contributed by atoms with E-state index in [9.17, 15) is 23.1 Å². The first-order valence-electron chi connectivity index (χ1n) is 12.2. The number of fused-ring (bicyclic) bond motifs is 3. The highest BCUT2D eigenvalue weighted by Gasteiger charge is 2.30. The molecule has 206 valence electrons. The second-order valence-electron chi connectivity index (χ2n) is 8.97. The van der Waals surface area contributed by atoms with Crippen molar-refractivity contribution in [1.29, 1.82) is 0 Å². The van der Waals surface area contributed by atoms with Gasteiger partial charge in [0.1, 0.15) is 24.1 Å². The van der Waals surface area contributed by atoms with Crippen LogP contribution in [0.2, 0.25) is 0 Å². The van der Waals surface area contributed by atoms with Crippen LogP contribution < -0.4 is 19.5 Å². The molecule has 0 radical (unpaired) electrons. The standard InChI is InChI=1S/C28H30N2O8S/c1-36-19-12-11-18(26(15-19)37-2)16-29-39(34,35)14-13-25(27(31)32)30-28(33)38-17-24-22-9-5-3-7-20(22)21-8-4-6-10-23(21)24/h3-12,15,24-25,29H,13-14,16-17H2,1-2H3,(H,30,33)(H,31,32)/t25-/m0/s1. The predicted molar refractivity (Wildman–Crippen MR) is 144 cm³/mol. The summed E-state index contributed by atoms with van der Waals surface area (Å²) in [6.07, 6.45) is -1.29. The Hall–Kier alpha value is -4.09. The molecule has 0 unspecified atom stereocenters. The number of amides is 1. The number of carboxylic acid groups (broad SMARTS) is 1. The van der Waals surface area contributed by atoms with Crippen LogP contribution in [-0.2, 0) is 26.1 Å². The quantitative estimate of drug-likeness (QED) is 0.309. The summed E-state index contributed by atoms with van der Waals surface area (Å²) in [7, 11) is -0.905. The molecule has 3 N–H and O–H groups in total. The summed E-state index contributed by atoms with van der Waals surface area (Å²) in [5.74, 6) is -1.08. The van der Waals surface area contributed by atoms with Crippen LogP contribution in [0.25, 0.3) is 11.1 Å². The maximum Gasteiger partial charge on any atom is 0.407 e. The molecule has 0 heterocycles. The molecule has 1 aliphatic carbocycles. The maximum absolute atomic E-state index is 12.6. The summed E-state index contributed by atoms with van der Waals surface area (Å²) in [5, 5.41) is 11.8. The van der Waals surface area contributed by atoms with E-state index >= 15 is 0 Å². The lowest BCUT2D eigenvalue weighted by Gasteiger charge is -2.18. The Morgan fingerprint density at radius 3 is 2.18 bits per heavy atom. The minimum absolute atomic E-state index is 0.00967. The van der Waals surface area contributed by atoms with Crippen molar-refractivity contribution in [2.45, 2.75) is 24.9 Å². The van der Waals surface area contributed by atoms with E-state index in [0.29, 0.717) is 17.1 Å². The highest BCUT2D eigenvalue weighted by Crippen LogP contribution is 2.44. The predicted octanol–water partition coefficient (Wildman–Crippen LogP) is 3.51. The van der Waals surface area contributed by atoms with Gasteiger partial charge < -0.3 is 24.6 Å². The number of methoxy groups -OCH3 is 2. The van der Waals surface area contributed by atoms with Crippen LogP contribution >= 0.6 is 0 Å². The Bertz CT molecular complexity index is 1410. The third-order valence-corrected chi connectivity index (χ3v) is 7.94. The van der Waals surface area contributed by atoms with Gasteiger partial charge >= 0.3 is 12.1 Å². The van der Waals surface area contributed by atoms with E-state index in [1.807, 2.05) is 48.5 Å². The molecule has 10 nitrogen and oxygen atoms in total. The molecule has 3 aromatic rings. The van der Waals surface area contributed by atoms with Gasteiger partial charge in [-0.05, 0) is 34.7 Å². The van der Waals surface area contributed by atoms with E-state index < -0.39 is 33.9 Å². The zero-order valence-electron chi connectivity index (χ0n) is 21.5. The van der Waals surface area contributed by atoms with Gasteiger partial charge in [-0.25, -0.2) is 22.7 Å². The molecule has 1 aliphatic rings. The normalized spacial score (nSPS) is 13.2. The van der Waals surface area contributed by atoms with Gasteiger partial charge in [-0.2, -0.15) is 0 Å². The van der Waals surface area contributed by atoms with Crippen LogP contribution in [0.15, 0.2) is 66.7 Å². The molecular weight excluding hydrogens is 524 g/mol. The van der Waals surface area contributed by atoms with Crippen LogP contribution in [0.1, 0.15) is 29.0 Å². The van der Waals surface area contributed by atoms with Crippen LogP contribution in [-0.4, -0.2) is 58.2 Å². The first kappa shape index (κ1) is 27.9. The van der Waals surface area contributed by atoms with E-state index in [0.717, 1.165) is 22.3 Å². The Labute approximate surface area is 227 Å². The number of hydrogen-bond donors (Lipinski definition) is 3. The van der Waals surface area contributed by atoms with Crippen LogP contribution in [0.3, 0.4) is 0 Å². The number of nitrogens with one attached hydrogen (secondary N) is 2. The number of alkyl carbamates (subject to hydrolysis) is 1. The third kappa shape index (κ3) is 6.68. The van der Waals surface area contributed by atoms with Crippen LogP contribution in [0.4, 0.5) is 4.79 Å². The molecule has 0 saturated carbocycles. The number of carbonyl (C=O) groups excluding carboxylic acids is 1. The van der Waals surface area contributed by atoms with Crippen molar-refractivity contribution >= 4 is 22.1 Å². The number of hydrogen-bond acceptors (Lipinski definition) is 7. The fourth-order valence-electron chi connectivity index (χ4n) is 4.57. The zero-order valence-corrected chi connectivity index (χ0v) is 22.4. The lowest BCUT2D eigenvalue weighted by Crippen LogP contribution is -2.43. The number of rotatable bonds is 12. The highest BCUT2D eigenvalue weighted by atomic mass is 32.2. The van der Waals surface area contributed by atoms with Crippen molar-refractivity contribution in [3.05, 3.63) is 83.4 Å². The van der Waals surface area contributed by atoms with Crippen molar-refractivity contribution in [3.63, 3.8) is 0 Å². The summed E-state index contributed by atoms with van der Waals surface area (Å²) in [6, 6.07) is 19.2. The lowest BCUT2D eigenvalue weighted by atomic mass is 9.98. The average Bonchev–Trinajstić information content (AvgIpc) is 3.26. The maximum atomic E-state index is 12.6. The minimum Gasteiger partial charge on any atom is -0.497 e. The van der Waals surface area contributed by atoms with Crippen LogP contribution in [0, 0.1) is 0 Å². The Kier molecular flexibility index (Phi) is 8.72. The van der Waals surface area contributed by atoms with E-state index in [4.69, 9.17) is 14.2 Å². The first-order chi connectivity index (χ1) is 18.7. The van der Waals surface area contributed by atoms with Gasteiger partial charge in [0.25, 0.3) is 0 Å². The smallest absolute Gasteiger partial charge is 0.407 e. The van der Waals surface area contributed by atoms with Crippen LogP contribution in [0.5, 0.6) is 11.5 Å². The highest BCUT2D eigenvalue weighted by molar-refractivity contribution is 7.89. The van der Waals surface area contributed by atoms with Crippen molar-refractivity contribution < 1.29 is 37.3 Å². The molecule has 1 atom stereocenters. The molecule has 0 aromatic heterocycles. The third-order valence-electron chi connectivity index (χ3n) is 6.59. The van der Waals surface area contributed by atoms with E-state index in [-0.39, 0.29) is 25.5 Å². The zero-order chi connectivity index (χ0) is 28.0. The summed E-state index contributed by atoms with van der Waals surface area (Å²) >= 11 is 0. The van der Waals surface area contributed by atoms with Gasteiger partial charge in [0.05, 0.1) is 20.0 Å². The average molecular weight is 555 g/mol. The summed E-state index contributed by atoms with van der Waals surface area (Å²) < 4.78 is 43.4. The Morgan fingerprint density at radius 2 is 1.59 bits per heavy atom. The first-order valence-corrected chi connectivity index (χ1v) is 13.9. The lowest BCUT2D eigenvalue weighted by molar-refractivity contribution is -0.139. The Morgan fingerprint density at radius 1 is 0.949 bits per heavy atom. The monoisotopic (exact) mass is 554 g/mol. The number of benzene rings is 3. The fraction of sp³-hybridized carbons (Fsp3) is 0.286. The molecule has 11 heteroatoms. The fourth-order valence-corrected chi connectivity index (χ4v) is 5.64. The molecular formula is C28H30N2O8S. The van der Waals surface area contributed by atoms with Crippen molar-refractivity contribution in [2.75, 3.05) is 26.6 Å². The number of carbonyl (C=O) groups is 2. The number of carboxylic acids is 1. The summed E-state index contributed by atoms with van der Waals surface area (Å²) in [5.41, 5.74) is 4.75. The number of sulfonamides is 1. The van der Waals surface area contributed by atoms with Gasteiger partial charge in [-0.3, -0.25) is 0 Å². The van der Waals surface area contributed by atoms with E-state index in [1.54, 1.807) is 18.2 Å². The summed E-state index contributed by atoms with van der Waals surface area (Å²) in [6.45, 7) is -0.0528. The SMILES string of the molecule is COc1ccc(CNS(=O)(=O)CC[C@H](NC(=O)OCC2c3ccccc3-c3ccccc32)C(=O)O)c(OC)c1. The van der Waals surface area contributed by atoms with Gasteiger partial charge in [-0.15, -0.1) is 0 Å². The summed E-state index contributed by atoms with van der Waals surface area (Å²) in [4.78, 5) is 24.3. The van der Waals surface area contributed by atoms with Gasteiger partial charge in [0, 0.05) is 24.1 Å². The molecule has 4 rings (SSSR count). The van der Waals surface area contributed by atoms with Crippen molar-refractivity contribution in [3.8, 4) is 22.6 Å². The van der Waals surface area contributed by atoms with Gasteiger partial charge in [0.2, 0.25) is 10.0 Å². The number of aliphatic carboxylic acids is 1. The molecule has 0 aliphatic heterocycles. The van der Waals surface area contributed by atoms with E-state index in [2.05, 4.69) is 10.0 Å². The Balaban J connectivity index is 1.32. The molecule has 39 heavy (non-hydrogen) atoms. The molecule has 3 aromatic carbocycles. The largest absolute Gasteiger partial charge is 0.497 e. The number of ether oxygens (including phenoxy) is 3. The molecule has 0 saturated heterocycles. The van der Waals surface area contributed by atoms with E-state index in [1.165, 1.54) is 14.2 Å². The van der Waals surface area contributed by atoms with Gasteiger partial charge in [-0.1, -0.05) is 54.6 Å². The van der Waals surface area contributed by atoms with Crippen molar-refractivity contribution in [1.82, 2.24) is 10.0 Å². The molecule has 0 fully saturated rings. The molecule has 1 amide bonds. The second-order valence-corrected chi connectivity index (χ2v) is 10.9. The second kappa shape index (κ2) is 12.2. The molecule has 0 bridgehead atoms. The molecule has 0 spiro atoms.